The van der Waals surface area contributed by atoms with Crippen molar-refractivity contribution >= 4 is 50.7 Å². The molecule has 0 saturated carbocycles. The number of nitrogens with zero attached hydrogens (tertiary/aromatic N) is 2. The molecule has 0 saturated heterocycles. The molecule has 1 N–H and O–H groups in total. The second kappa shape index (κ2) is 13.3. The maximum atomic E-state index is 14.0. The first kappa shape index (κ1) is 30.5. The Kier molecular flexibility index (Phi) is 10.4. The maximum Gasteiger partial charge on any atom is 0.264 e. The lowest BCUT2D eigenvalue weighted by atomic mass is 10.1. The lowest BCUT2D eigenvalue weighted by Crippen LogP contribution is -2.51. The smallest absolute Gasteiger partial charge is 0.264 e. The quantitative estimate of drug-likeness (QED) is 0.308. The van der Waals surface area contributed by atoms with E-state index in [2.05, 4.69) is 5.32 Å². The van der Waals surface area contributed by atoms with Crippen LogP contribution >= 0.6 is 23.2 Å². The fourth-order valence-corrected chi connectivity index (χ4v) is 5.99. The number of halogens is 2. The number of hydrogen-bond acceptors (Lipinski definition) is 4. The summed E-state index contributed by atoms with van der Waals surface area (Å²) in [6, 6.07) is 17.4. The minimum atomic E-state index is -4.13. The average molecular weight is 591 g/mol. The number of rotatable bonds is 11. The summed E-state index contributed by atoms with van der Waals surface area (Å²) in [5.41, 5.74) is 2.50. The van der Waals surface area contributed by atoms with Gasteiger partial charge in [0.2, 0.25) is 11.8 Å². The third-order valence-electron chi connectivity index (χ3n) is 6.32. The lowest BCUT2D eigenvalue weighted by Gasteiger charge is -2.32. The molecule has 0 aliphatic carbocycles. The molecule has 39 heavy (non-hydrogen) atoms. The van der Waals surface area contributed by atoms with Gasteiger partial charge in [-0.15, -0.1) is 0 Å². The van der Waals surface area contributed by atoms with Crippen LogP contribution in [0.25, 0.3) is 0 Å². The van der Waals surface area contributed by atoms with Gasteiger partial charge in [0, 0.05) is 23.1 Å². The Morgan fingerprint density at radius 3 is 2.31 bits per heavy atom. The van der Waals surface area contributed by atoms with Crippen LogP contribution in [0.5, 0.6) is 0 Å². The first-order valence-corrected chi connectivity index (χ1v) is 14.8. The number of benzene rings is 3. The summed E-state index contributed by atoms with van der Waals surface area (Å²) in [4.78, 5) is 28.3. The van der Waals surface area contributed by atoms with Crippen molar-refractivity contribution < 1.29 is 18.0 Å². The molecule has 0 bridgehead atoms. The van der Waals surface area contributed by atoms with Crippen molar-refractivity contribution in [2.75, 3.05) is 17.4 Å². The molecule has 0 aromatic heterocycles. The molecule has 1 atom stereocenters. The predicted molar refractivity (Wildman–Crippen MR) is 157 cm³/mol. The maximum absolute atomic E-state index is 14.0. The minimum absolute atomic E-state index is 0.0123. The zero-order valence-electron chi connectivity index (χ0n) is 22.4. The first-order chi connectivity index (χ1) is 18.4. The molecule has 10 heteroatoms. The molecule has 1 unspecified atom stereocenters. The van der Waals surface area contributed by atoms with Crippen LogP contribution in [-0.2, 0) is 26.2 Å². The van der Waals surface area contributed by atoms with E-state index in [0.29, 0.717) is 33.4 Å². The second-order valence-corrected chi connectivity index (χ2v) is 12.0. The van der Waals surface area contributed by atoms with Crippen LogP contribution < -0.4 is 9.62 Å². The molecule has 208 valence electrons. The van der Waals surface area contributed by atoms with Gasteiger partial charge in [-0.05, 0) is 74.2 Å². The summed E-state index contributed by atoms with van der Waals surface area (Å²) in [6.45, 7) is 7.11. The highest BCUT2D eigenvalue weighted by Crippen LogP contribution is 2.29. The Hall–Kier alpha value is -3.07. The van der Waals surface area contributed by atoms with Gasteiger partial charge in [-0.25, -0.2) is 8.42 Å². The van der Waals surface area contributed by atoms with Crippen molar-refractivity contribution in [1.29, 1.82) is 0 Å². The van der Waals surface area contributed by atoms with Gasteiger partial charge < -0.3 is 10.2 Å². The van der Waals surface area contributed by atoms with Crippen molar-refractivity contribution in [3.63, 3.8) is 0 Å². The number of carbonyl (C=O) groups excluding carboxylic acids is 2. The molecule has 3 aromatic rings. The van der Waals surface area contributed by atoms with Gasteiger partial charge in [0.15, 0.2) is 0 Å². The Morgan fingerprint density at radius 1 is 0.974 bits per heavy atom. The van der Waals surface area contributed by atoms with E-state index in [4.69, 9.17) is 23.2 Å². The minimum Gasteiger partial charge on any atom is -0.354 e. The van der Waals surface area contributed by atoms with Crippen LogP contribution in [0.15, 0.2) is 71.6 Å². The van der Waals surface area contributed by atoms with Crippen LogP contribution in [-0.4, -0.2) is 44.3 Å². The van der Waals surface area contributed by atoms with Gasteiger partial charge in [0.25, 0.3) is 10.0 Å². The van der Waals surface area contributed by atoms with E-state index in [1.807, 2.05) is 26.0 Å². The summed E-state index contributed by atoms with van der Waals surface area (Å²) in [5, 5.41) is 3.59. The number of anilines is 1. The Bertz CT molecular complexity index is 1430. The number of sulfonamides is 1. The number of hydrogen-bond donors (Lipinski definition) is 1. The third-order valence-corrected chi connectivity index (χ3v) is 8.68. The Morgan fingerprint density at radius 2 is 1.67 bits per heavy atom. The summed E-state index contributed by atoms with van der Waals surface area (Å²) in [7, 11) is -4.13. The van der Waals surface area contributed by atoms with Crippen LogP contribution in [0, 0.1) is 13.8 Å². The summed E-state index contributed by atoms with van der Waals surface area (Å²) >= 11 is 12.5. The highest BCUT2D eigenvalue weighted by molar-refractivity contribution is 7.92. The molecule has 0 aliphatic heterocycles. The fourth-order valence-electron chi connectivity index (χ4n) is 4.03. The van der Waals surface area contributed by atoms with E-state index in [1.165, 1.54) is 17.0 Å². The molecule has 0 radical (unpaired) electrons. The molecular weight excluding hydrogens is 557 g/mol. The normalized spacial score (nSPS) is 12.1. The van der Waals surface area contributed by atoms with Gasteiger partial charge >= 0.3 is 0 Å². The van der Waals surface area contributed by atoms with E-state index >= 15 is 0 Å². The molecule has 3 rings (SSSR count). The van der Waals surface area contributed by atoms with Crippen molar-refractivity contribution in [2.45, 2.75) is 51.6 Å². The van der Waals surface area contributed by atoms with E-state index in [-0.39, 0.29) is 17.3 Å². The highest BCUT2D eigenvalue weighted by Gasteiger charge is 2.33. The molecular formula is C29H33Cl2N3O4S. The van der Waals surface area contributed by atoms with Gasteiger partial charge in [-0.2, -0.15) is 0 Å². The van der Waals surface area contributed by atoms with Crippen LogP contribution in [0.4, 0.5) is 5.69 Å². The predicted octanol–water partition coefficient (Wildman–Crippen LogP) is 5.75. The number of aryl methyl sites for hydroxylation is 2. The van der Waals surface area contributed by atoms with E-state index < -0.39 is 28.5 Å². The number of amides is 2. The van der Waals surface area contributed by atoms with E-state index in [0.717, 1.165) is 16.3 Å². The summed E-state index contributed by atoms with van der Waals surface area (Å²) < 4.78 is 28.9. The topological polar surface area (TPSA) is 86.8 Å². The van der Waals surface area contributed by atoms with Crippen LogP contribution in [0.1, 0.15) is 37.0 Å². The van der Waals surface area contributed by atoms with Gasteiger partial charge in [-0.1, -0.05) is 66.5 Å². The Balaban J connectivity index is 2.07. The molecule has 0 fully saturated rings. The highest BCUT2D eigenvalue weighted by atomic mass is 35.5. The summed E-state index contributed by atoms with van der Waals surface area (Å²) in [6.07, 6.45) is 0.727. The van der Waals surface area contributed by atoms with Crippen molar-refractivity contribution in [2.24, 2.45) is 0 Å². The van der Waals surface area contributed by atoms with Crippen molar-refractivity contribution in [3.05, 3.63) is 93.5 Å². The average Bonchev–Trinajstić information content (AvgIpc) is 2.91. The molecule has 3 aromatic carbocycles. The molecule has 7 nitrogen and oxygen atoms in total. The molecule has 0 aliphatic rings. The molecule has 0 spiro atoms. The van der Waals surface area contributed by atoms with Crippen molar-refractivity contribution in [3.8, 4) is 0 Å². The van der Waals surface area contributed by atoms with Gasteiger partial charge in [-0.3, -0.25) is 13.9 Å². The zero-order valence-corrected chi connectivity index (χ0v) is 24.8. The molecule has 2 amide bonds. The SMILES string of the molecule is CCCNC(=O)C(C)N(Cc1ccc(Cl)cc1Cl)C(=O)CN(c1cc(C)ccc1C)S(=O)(=O)c1ccccc1. The summed E-state index contributed by atoms with van der Waals surface area (Å²) in [5.74, 6) is -0.903. The molecule has 0 heterocycles. The second-order valence-electron chi connectivity index (χ2n) is 9.34. The number of carbonyl (C=O) groups is 2. The van der Waals surface area contributed by atoms with E-state index in [1.54, 1.807) is 56.3 Å². The third kappa shape index (κ3) is 7.53. The first-order valence-electron chi connectivity index (χ1n) is 12.6. The Labute approximate surface area is 240 Å². The van der Waals surface area contributed by atoms with Gasteiger partial charge in [0.1, 0.15) is 12.6 Å². The van der Waals surface area contributed by atoms with E-state index in [9.17, 15) is 18.0 Å². The largest absolute Gasteiger partial charge is 0.354 e. The standard InChI is InChI=1S/C29H33Cl2N3O4S/c1-5-15-32-29(36)22(4)33(18-23-13-14-24(30)17-26(23)31)28(35)19-34(27-16-20(2)11-12-21(27)3)39(37,38)25-9-7-6-8-10-25/h6-14,16-17,22H,5,15,18-19H2,1-4H3,(H,32,36). The van der Waals surface area contributed by atoms with Crippen LogP contribution in [0.2, 0.25) is 10.0 Å². The lowest BCUT2D eigenvalue weighted by molar-refractivity contribution is -0.139. The monoisotopic (exact) mass is 589 g/mol. The van der Waals surface area contributed by atoms with Crippen molar-refractivity contribution in [1.82, 2.24) is 10.2 Å². The zero-order chi connectivity index (χ0) is 28.7. The number of nitrogens with one attached hydrogen (secondary N) is 1. The van der Waals surface area contributed by atoms with Crippen LogP contribution in [0.3, 0.4) is 0 Å². The fraction of sp³-hybridized carbons (Fsp3) is 0.310. The van der Waals surface area contributed by atoms with Gasteiger partial charge in [0.05, 0.1) is 10.6 Å².